The molecule has 0 unspecified atom stereocenters. The number of aryl methyl sites for hydroxylation is 2. The second kappa shape index (κ2) is 6.53. The summed E-state index contributed by atoms with van der Waals surface area (Å²) in [6.45, 7) is 8.81. The van der Waals surface area contributed by atoms with Gasteiger partial charge in [0.25, 0.3) is 0 Å². The molecule has 0 atom stereocenters. The molecular formula is C12H19N3S. The van der Waals surface area contributed by atoms with Crippen LogP contribution in [0.1, 0.15) is 38.8 Å². The SMILES string of the molecule is C=C(C)CCCn1cc(CCC(C)=S)nn1. The molecule has 1 aromatic rings. The fourth-order valence-corrected chi connectivity index (χ4v) is 1.51. The summed E-state index contributed by atoms with van der Waals surface area (Å²) < 4.78 is 1.90. The van der Waals surface area contributed by atoms with E-state index in [1.165, 1.54) is 5.57 Å². The summed E-state index contributed by atoms with van der Waals surface area (Å²) in [5, 5.41) is 8.20. The lowest BCUT2D eigenvalue weighted by atomic mass is 10.2. The van der Waals surface area contributed by atoms with Crippen LogP contribution >= 0.6 is 12.2 Å². The number of allylic oxidation sites excluding steroid dienone is 1. The summed E-state index contributed by atoms with van der Waals surface area (Å²) in [4.78, 5) is 1.02. The molecule has 0 spiro atoms. The molecule has 0 saturated carbocycles. The van der Waals surface area contributed by atoms with Gasteiger partial charge in [-0.05, 0) is 44.4 Å². The largest absolute Gasteiger partial charge is 0.252 e. The summed E-state index contributed by atoms with van der Waals surface area (Å²) in [5.41, 5.74) is 2.25. The predicted octanol–water partition coefficient (Wildman–Crippen LogP) is 2.96. The first-order chi connectivity index (χ1) is 7.58. The topological polar surface area (TPSA) is 30.7 Å². The fraction of sp³-hybridized carbons (Fsp3) is 0.583. The molecule has 1 heterocycles. The van der Waals surface area contributed by atoms with Crippen LogP contribution in [0, 0.1) is 0 Å². The van der Waals surface area contributed by atoms with Crippen molar-refractivity contribution < 1.29 is 0 Å². The molecule has 0 bridgehead atoms. The zero-order valence-corrected chi connectivity index (χ0v) is 10.9. The lowest BCUT2D eigenvalue weighted by Gasteiger charge is -1.99. The Morgan fingerprint density at radius 3 is 2.81 bits per heavy atom. The van der Waals surface area contributed by atoms with Crippen molar-refractivity contribution in [2.24, 2.45) is 0 Å². The maximum Gasteiger partial charge on any atom is 0.0830 e. The molecule has 4 heteroatoms. The predicted molar refractivity (Wildman–Crippen MR) is 70.7 cm³/mol. The number of rotatable bonds is 7. The van der Waals surface area contributed by atoms with Crippen LogP contribution < -0.4 is 0 Å². The van der Waals surface area contributed by atoms with Crippen LogP contribution in [0.15, 0.2) is 18.3 Å². The second-order valence-corrected chi connectivity index (χ2v) is 4.93. The average Bonchev–Trinajstić information content (AvgIpc) is 2.62. The van der Waals surface area contributed by atoms with E-state index in [-0.39, 0.29) is 0 Å². The minimum Gasteiger partial charge on any atom is -0.252 e. The van der Waals surface area contributed by atoms with E-state index in [0.29, 0.717) is 0 Å². The third kappa shape index (κ3) is 5.16. The molecule has 0 aliphatic carbocycles. The van der Waals surface area contributed by atoms with Crippen LogP contribution in [-0.4, -0.2) is 19.9 Å². The van der Waals surface area contributed by atoms with Gasteiger partial charge in [-0.15, -0.1) is 11.7 Å². The lowest BCUT2D eigenvalue weighted by molar-refractivity contribution is 0.558. The highest BCUT2D eigenvalue weighted by atomic mass is 32.1. The Kier molecular flexibility index (Phi) is 5.32. The van der Waals surface area contributed by atoms with Gasteiger partial charge in [0.1, 0.15) is 0 Å². The Morgan fingerprint density at radius 2 is 2.19 bits per heavy atom. The molecule has 1 aromatic heterocycles. The molecule has 0 amide bonds. The maximum absolute atomic E-state index is 5.04. The van der Waals surface area contributed by atoms with Gasteiger partial charge in [-0.3, -0.25) is 4.68 Å². The van der Waals surface area contributed by atoms with Gasteiger partial charge in [-0.25, -0.2) is 0 Å². The van der Waals surface area contributed by atoms with Gasteiger partial charge in [-0.2, -0.15) is 0 Å². The van der Waals surface area contributed by atoms with Crippen molar-refractivity contribution in [1.29, 1.82) is 0 Å². The normalized spacial score (nSPS) is 10.4. The quantitative estimate of drug-likeness (QED) is 0.539. The molecule has 0 N–H and O–H groups in total. The van der Waals surface area contributed by atoms with Crippen molar-refractivity contribution in [2.75, 3.05) is 0 Å². The molecule has 16 heavy (non-hydrogen) atoms. The summed E-state index contributed by atoms with van der Waals surface area (Å²) in [6, 6.07) is 0. The minimum atomic E-state index is 0.899. The summed E-state index contributed by atoms with van der Waals surface area (Å²) in [6.07, 6.45) is 5.95. The van der Waals surface area contributed by atoms with E-state index in [1.54, 1.807) is 0 Å². The highest BCUT2D eigenvalue weighted by Crippen LogP contribution is 2.04. The Balaban J connectivity index is 2.33. The van der Waals surface area contributed by atoms with Gasteiger partial charge in [0.05, 0.1) is 5.69 Å². The lowest BCUT2D eigenvalue weighted by Crippen LogP contribution is -1.98. The van der Waals surface area contributed by atoms with E-state index >= 15 is 0 Å². The van der Waals surface area contributed by atoms with Gasteiger partial charge >= 0.3 is 0 Å². The van der Waals surface area contributed by atoms with E-state index in [0.717, 1.165) is 42.8 Å². The first-order valence-corrected chi connectivity index (χ1v) is 6.01. The summed E-state index contributed by atoms with van der Waals surface area (Å²) in [5.74, 6) is 0. The van der Waals surface area contributed by atoms with E-state index < -0.39 is 0 Å². The van der Waals surface area contributed by atoms with Gasteiger partial charge in [-0.1, -0.05) is 23.0 Å². The van der Waals surface area contributed by atoms with E-state index in [2.05, 4.69) is 23.8 Å². The van der Waals surface area contributed by atoms with Gasteiger partial charge in [0, 0.05) is 12.7 Å². The number of thiocarbonyl (C=S) groups is 1. The van der Waals surface area contributed by atoms with Crippen LogP contribution in [0.2, 0.25) is 0 Å². The molecule has 3 nitrogen and oxygen atoms in total. The van der Waals surface area contributed by atoms with Crippen molar-refractivity contribution in [2.45, 2.75) is 46.1 Å². The molecule has 0 saturated heterocycles. The van der Waals surface area contributed by atoms with E-state index in [1.807, 2.05) is 17.8 Å². The fourth-order valence-electron chi connectivity index (χ4n) is 1.41. The highest BCUT2D eigenvalue weighted by Gasteiger charge is 2.01. The molecule has 0 radical (unpaired) electrons. The maximum atomic E-state index is 5.04. The third-order valence-electron chi connectivity index (χ3n) is 2.31. The van der Waals surface area contributed by atoms with Crippen molar-refractivity contribution in [1.82, 2.24) is 15.0 Å². The Labute approximate surface area is 103 Å². The zero-order valence-electron chi connectivity index (χ0n) is 10.1. The molecular weight excluding hydrogens is 218 g/mol. The van der Waals surface area contributed by atoms with E-state index in [9.17, 15) is 0 Å². The van der Waals surface area contributed by atoms with Gasteiger partial charge < -0.3 is 0 Å². The average molecular weight is 237 g/mol. The van der Waals surface area contributed by atoms with Crippen LogP contribution in [0.25, 0.3) is 0 Å². The Hall–Kier alpha value is -1.03. The highest BCUT2D eigenvalue weighted by molar-refractivity contribution is 7.80. The van der Waals surface area contributed by atoms with Gasteiger partial charge in [0.15, 0.2) is 0 Å². The molecule has 0 aromatic carbocycles. The smallest absolute Gasteiger partial charge is 0.0830 e. The van der Waals surface area contributed by atoms with E-state index in [4.69, 9.17) is 12.2 Å². The van der Waals surface area contributed by atoms with Crippen LogP contribution in [0.3, 0.4) is 0 Å². The van der Waals surface area contributed by atoms with Crippen LogP contribution in [-0.2, 0) is 13.0 Å². The molecule has 0 aliphatic heterocycles. The first-order valence-electron chi connectivity index (χ1n) is 5.61. The number of hydrogen-bond acceptors (Lipinski definition) is 3. The third-order valence-corrected chi connectivity index (χ3v) is 2.51. The standard InChI is InChI=1S/C12H19N3S/c1-10(2)5-4-8-15-9-12(13-14-15)7-6-11(3)16/h9H,1,4-8H2,2-3H3. The van der Waals surface area contributed by atoms with Gasteiger partial charge in [0.2, 0.25) is 0 Å². The van der Waals surface area contributed by atoms with Crippen molar-refractivity contribution >= 4 is 17.1 Å². The Morgan fingerprint density at radius 1 is 1.44 bits per heavy atom. The second-order valence-electron chi connectivity index (χ2n) is 4.24. The first kappa shape index (κ1) is 13.0. The molecule has 1 rings (SSSR count). The zero-order chi connectivity index (χ0) is 12.0. The van der Waals surface area contributed by atoms with Crippen LogP contribution in [0.5, 0.6) is 0 Å². The number of hydrogen-bond donors (Lipinski definition) is 0. The molecule has 0 aliphatic rings. The minimum absolute atomic E-state index is 0.899. The summed E-state index contributed by atoms with van der Waals surface area (Å²) >= 11 is 5.04. The van der Waals surface area contributed by atoms with Crippen molar-refractivity contribution in [3.63, 3.8) is 0 Å². The monoisotopic (exact) mass is 237 g/mol. The van der Waals surface area contributed by atoms with Crippen molar-refractivity contribution in [3.8, 4) is 0 Å². The summed E-state index contributed by atoms with van der Waals surface area (Å²) in [7, 11) is 0. The van der Waals surface area contributed by atoms with Crippen molar-refractivity contribution in [3.05, 3.63) is 24.0 Å². The molecule has 0 fully saturated rings. The number of aromatic nitrogens is 3. The number of nitrogens with zero attached hydrogens (tertiary/aromatic N) is 3. The molecule has 88 valence electrons. The van der Waals surface area contributed by atoms with Crippen LogP contribution in [0.4, 0.5) is 0 Å². The Bertz CT molecular complexity index is 368.